The second-order valence-corrected chi connectivity index (χ2v) is 7.94. The molecule has 1 atom stereocenters. The summed E-state index contributed by atoms with van der Waals surface area (Å²) in [7, 11) is 1.83. The number of aromatic amines is 1. The molecule has 1 aliphatic rings. The third-order valence-electron chi connectivity index (χ3n) is 4.90. The number of hydrogen-bond acceptors (Lipinski definition) is 3. The maximum atomic E-state index is 12.4. The lowest BCUT2D eigenvalue weighted by molar-refractivity contribution is -0.132. The van der Waals surface area contributed by atoms with Gasteiger partial charge in [-0.1, -0.05) is 0 Å². The summed E-state index contributed by atoms with van der Waals surface area (Å²) in [4.78, 5) is 28.2. The van der Waals surface area contributed by atoms with E-state index in [1.54, 1.807) is 4.90 Å². The van der Waals surface area contributed by atoms with E-state index in [0.29, 0.717) is 25.8 Å². The second-order valence-electron chi connectivity index (χ2n) is 7.94. The number of likely N-dealkylation sites (tertiary alicyclic amines) is 1. The van der Waals surface area contributed by atoms with Gasteiger partial charge in [-0.2, -0.15) is 5.10 Å². The van der Waals surface area contributed by atoms with Crippen LogP contribution in [0.4, 0.5) is 0 Å². The highest BCUT2D eigenvalue weighted by molar-refractivity contribution is 5.80. The number of rotatable bonds is 5. The van der Waals surface area contributed by atoms with E-state index < -0.39 is 0 Å². The van der Waals surface area contributed by atoms with E-state index in [4.69, 9.17) is 0 Å². The maximum Gasteiger partial charge on any atom is 0.223 e. The Balaban J connectivity index is 1.84. The molecule has 0 bridgehead atoms. The largest absolute Gasteiger partial charge is 0.345 e. The average Bonchev–Trinajstić information content (AvgIpc) is 3.00. The van der Waals surface area contributed by atoms with Crippen LogP contribution in [0.2, 0.25) is 0 Å². The fraction of sp³-hybridized carbons (Fsp3) is 0.722. The van der Waals surface area contributed by atoms with Gasteiger partial charge in [0.1, 0.15) is 0 Å². The van der Waals surface area contributed by atoms with Crippen molar-refractivity contribution in [3.8, 4) is 0 Å². The van der Waals surface area contributed by atoms with Gasteiger partial charge in [-0.05, 0) is 40.2 Å². The minimum absolute atomic E-state index is 0.108. The summed E-state index contributed by atoms with van der Waals surface area (Å²) in [6.07, 6.45) is 1.63. The average molecular weight is 334 g/mol. The van der Waals surface area contributed by atoms with Crippen LogP contribution in [-0.2, 0) is 16.0 Å². The summed E-state index contributed by atoms with van der Waals surface area (Å²) in [6, 6.07) is 0. The second kappa shape index (κ2) is 6.95. The predicted molar refractivity (Wildman–Crippen MR) is 93.6 cm³/mol. The molecule has 1 aromatic heterocycles. The number of amides is 2. The summed E-state index contributed by atoms with van der Waals surface area (Å²) in [5.41, 5.74) is 3.00. The SMILES string of the molecule is Cc1[nH]nc(CCC(=O)N(C)CC2CC(=O)N(C(C)(C)C)C2)c1C. The smallest absolute Gasteiger partial charge is 0.223 e. The van der Waals surface area contributed by atoms with E-state index in [2.05, 4.69) is 31.0 Å². The first-order valence-electron chi connectivity index (χ1n) is 8.64. The van der Waals surface area contributed by atoms with Crippen LogP contribution in [0.3, 0.4) is 0 Å². The molecule has 1 unspecified atom stereocenters. The summed E-state index contributed by atoms with van der Waals surface area (Å²) in [5, 5.41) is 7.20. The minimum atomic E-state index is -0.149. The Morgan fingerprint density at radius 2 is 2.04 bits per heavy atom. The number of aromatic nitrogens is 2. The van der Waals surface area contributed by atoms with Crippen molar-refractivity contribution in [2.24, 2.45) is 5.92 Å². The summed E-state index contributed by atoms with van der Waals surface area (Å²) >= 11 is 0. The van der Waals surface area contributed by atoms with Crippen LogP contribution in [0, 0.1) is 19.8 Å². The first-order valence-corrected chi connectivity index (χ1v) is 8.64. The topological polar surface area (TPSA) is 69.3 Å². The number of nitrogens with one attached hydrogen (secondary N) is 1. The monoisotopic (exact) mass is 334 g/mol. The van der Waals surface area contributed by atoms with Gasteiger partial charge in [-0.3, -0.25) is 14.7 Å². The minimum Gasteiger partial charge on any atom is -0.345 e. The molecule has 0 radical (unpaired) electrons. The molecule has 1 aliphatic heterocycles. The molecule has 1 aromatic rings. The molecule has 6 heteroatoms. The highest BCUT2D eigenvalue weighted by Gasteiger charge is 2.36. The van der Waals surface area contributed by atoms with Crippen molar-refractivity contribution in [3.05, 3.63) is 17.0 Å². The number of carbonyl (C=O) groups excluding carboxylic acids is 2. The highest BCUT2D eigenvalue weighted by atomic mass is 16.2. The fourth-order valence-electron chi connectivity index (χ4n) is 3.24. The molecule has 1 N–H and O–H groups in total. The highest BCUT2D eigenvalue weighted by Crippen LogP contribution is 2.26. The van der Waals surface area contributed by atoms with Gasteiger partial charge in [0.15, 0.2) is 0 Å². The van der Waals surface area contributed by atoms with Crippen LogP contribution in [0.15, 0.2) is 0 Å². The Morgan fingerprint density at radius 3 is 2.54 bits per heavy atom. The van der Waals surface area contributed by atoms with Crippen LogP contribution in [0.1, 0.15) is 50.6 Å². The molecule has 0 spiro atoms. The zero-order chi connectivity index (χ0) is 18.1. The number of aryl methyl sites for hydroxylation is 2. The van der Waals surface area contributed by atoms with Gasteiger partial charge in [0.05, 0.1) is 5.69 Å². The van der Waals surface area contributed by atoms with Crippen LogP contribution in [-0.4, -0.2) is 57.5 Å². The third kappa shape index (κ3) is 4.16. The van der Waals surface area contributed by atoms with Crippen LogP contribution < -0.4 is 0 Å². The first kappa shape index (κ1) is 18.5. The molecule has 1 saturated heterocycles. The van der Waals surface area contributed by atoms with E-state index >= 15 is 0 Å². The fourth-order valence-corrected chi connectivity index (χ4v) is 3.24. The summed E-state index contributed by atoms with van der Waals surface area (Å²) < 4.78 is 0. The molecule has 0 aromatic carbocycles. The molecule has 0 saturated carbocycles. The standard InChI is InChI=1S/C18H30N4O2/c1-12-13(2)19-20-15(12)7-8-16(23)21(6)10-14-9-17(24)22(11-14)18(3,4)5/h14H,7-11H2,1-6H3,(H,19,20). The van der Waals surface area contributed by atoms with Gasteiger partial charge in [0, 0.05) is 56.6 Å². The number of nitrogens with zero attached hydrogens (tertiary/aromatic N) is 3. The first-order chi connectivity index (χ1) is 11.1. The Hall–Kier alpha value is -1.85. The van der Waals surface area contributed by atoms with Gasteiger partial charge in [-0.25, -0.2) is 0 Å². The van der Waals surface area contributed by atoms with E-state index in [9.17, 15) is 9.59 Å². The summed E-state index contributed by atoms with van der Waals surface area (Å²) in [6.45, 7) is 11.5. The Bertz CT molecular complexity index is 615. The molecule has 0 aliphatic carbocycles. The quantitative estimate of drug-likeness (QED) is 0.896. The Kier molecular flexibility index (Phi) is 5.35. The number of H-pyrrole nitrogens is 1. The predicted octanol–water partition coefficient (Wildman–Crippen LogP) is 2.06. The molecule has 134 valence electrons. The zero-order valence-corrected chi connectivity index (χ0v) is 15.8. The van der Waals surface area contributed by atoms with Gasteiger partial charge in [0.2, 0.25) is 11.8 Å². The van der Waals surface area contributed by atoms with Gasteiger partial charge in [0.25, 0.3) is 0 Å². The lowest BCUT2D eigenvalue weighted by atomic mass is 10.1. The molecule has 6 nitrogen and oxygen atoms in total. The number of hydrogen-bond donors (Lipinski definition) is 1. The van der Waals surface area contributed by atoms with E-state index in [0.717, 1.165) is 23.5 Å². The molecule has 24 heavy (non-hydrogen) atoms. The molecule has 1 fully saturated rings. The van der Waals surface area contributed by atoms with Crippen molar-refractivity contribution in [1.29, 1.82) is 0 Å². The molecule has 2 heterocycles. The van der Waals surface area contributed by atoms with Gasteiger partial charge >= 0.3 is 0 Å². The zero-order valence-electron chi connectivity index (χ0n) is 15.8. The Morgan fingerprint density at radius 1 is 1.38 bits per heavy atom. The third-order valence-corrected chi connectivity index (χ3v) is 4.90. The van der Waals surface area contributed by atoms with Crippen molar-refractivity contribution >= 4 is 11.8 Å². The van der Waals surface area contributed by atoms with Gasteiger partial charge in [-0.15, -0.1) is 0 Å². The molecular weight excluding hydrogens is 304 g/mol. The van der Waals surface area contributed by atoms with Crippen molar-refractivity contribution in [1.82, 2.24) is 20.0 Å². The van der Waals surface area contributed by atoms with Gasteiger partial charge < -0.3 is 9.80 Å². The van der Waals surface area contributed by atoms with Crippen LogP contribution in [0.25, 0.3) is 0 Å². The van der Waals surface area contributed by atoms with E-state index in [1.807, 2.05) is 25.8 Å². The number of carbonyl (C=O) groups is 2. The lowest BCUT2D eigenvalue weighted by Crippen LogP contribution is -2.43. The van der Waals surface area contributed by atoms with E-state index in [1.165, 1.54) is 0 Å². The van der Waals surface area contributed by atoms with E-state index in [-0.39, 0.29) is 23.3 Å². The Labute approximate surface area is 144 Å². The van der Waals surface area contributed by atoms with Crippen LogP contribution >= 0.6 is 0 Å². The molecule has 2 rings (SSSR count). The maximum absolute atomic E-state index is 12.4. The van der Waals surface area contributed by atoms with Crippen molar-refractivity contribution < 1.29 is 9.59 Å². The van der Waals surface area contributed by atoms with Crippen molar-refractivity contribution in [2.45, 2.75) is 59.4 Å². The molecular formula is C18H30N4O2. The summed E-state index contributed by atoms with van der Waals surface area (Å²) in [5.74, 6) is 0.521. The normalized spacial score (nSPS) is 18.3. The van der Waals surface area contributed by atoms with Crippen molar-refractivity contribution in [2.75, 3.05) is 20.1 Å². The molecule has 2 amide bonds. The van der Waals surface area contributed by atoms with Crippen molar-refractivity contribution in [3.63, 3.8) is 0 Å². The van der Waals surface area contributed by atoms with Crippen LogP contribution in [0.5, 0.6) is 0 Å². The lowest BCUT2D eigenvalue weighted by Gasteiger charge is -2.32.